The minimum absolute atomic E-state index is 0.302. The fraction of sp³-hybridized carbons (Fsp3) is 0.316. The monoisotopic (exact) mass is 327 g/mol. The number of carbonyl (C=O) groups is 1. The van der Waals surface area contributed by atoms with Gasteiger partial charge in [-0.25, -0.2) is 0 Å². The molecule has 0 bridgehead atoms. The highest BCUT2D eigenvalue weighted by Gasteiger charge is 2.32. The first kappa shape index (κ1) is 16.1. The number of aliphatic hydroxyl groups is 1. The number of aryl methyl sites for hydroxylation is 3. The highest BCUT2D eigenvalue weighted by atomic mass is 32.2. The standard InChI is InChI=1S/C19H21NO2S/c1-4-13-5-7-14(8-6-13)18-17(21)19(22)20-15-9-11(2)12(3)10-16(15)23-18/h5-10,17-18,21H,4H2,1-3H3,(H,20,22)/t17-,18+/m0/s1. The number of hydrogen-bond acceptors (Lipinski definition) is 3. The van der Waals surface area contributed by atoms with E-state index in [9.17, 15) is 9.90 Å². The van der Waals surface area contributed by atoms with E-state index in [4.69, 9.17) is 0 Å². The summed E-state index contributed by atoms with van der Waals surface area (Å²) in [7, 11) is 0. The van der Waals surface area contributed by atoms with Crippen molar-refractivity contribution in [3.63, 3.8) is 0 Å². The van der Waals surface area contributed by atoms with E-state index < -0.39 is 6.10 Å². The van der Waals surface area contributed by atoms with E-state index in [1.807, 2.05) is 25.1 Å². The van der Waals surface area contributed by atoms with Crippen LogP contribution in [0.25, 0.3) is 0 Å². The first-order chi connectivity index (χ1) is 11.0. The summed E-state index contributed by atoms with van der Waals surface area (Å²) in [4.78, 5) is 13.3. The third kappa shape index (κ3) is 3.14. The molecule has 2 aromatic carbocycles. The van der Waals surface area contributed by atoms with E-state index in [1.54, 1.807) is 11.8 Å². The van der Waals surface area contributed by atoms with Crippen molar-refractivity contribution < 1.29 is 9.90 Å². The quantitative estimate of drug-likeness (QED) is 0.876. The molecule has 2 atom stereocenters. The number of hydrogen-bond donors (Lipinski definition) is 2. The molecule has 1 heterocycles. The largest absolute Gasteiger partial charge is 0.382 e. The second-order valence-corrected chi connectivity index (χ2v) is 7.18. The van der Waals surface area contributed by atoms with E-state index in [2.05, 4.69) is 37.4 Å². The Balaban J connectivity index is 2.01. The summed E-state index contributed by atoms with van der Waals surface area (Å²) >= 11 is 1.55. The summed E-state index contributed by atoms with van der Waals surface area (Å²) in [5.74, 6) is -0.343. The molecule has 0 spiro atoms. The van der Waals surface area contributed by atoms with Gasteiger partial charge in [-0.05, 0) is 54.7 Å². The van der Waals surface area contributed by atoms with Gasteiger partial charge in [0.25, 0.3) is 5.91 Å². The molecule has 4 heteroatoms. The number of fused-ring (bicyclic) bond motifs is 1. The summed E-state index contributed by atoms with van der Waals surface area (Å²) in [6.45, 7) is 6.19. The van der Waals surface area contributed by atoms with Crippen molar-refractivity contribution in [3.8, 4) is 0 Å². The average molecular weight is 327 g/mol. The highest BCUT2D eigenvalue weighted by Crippen LogP contribution is 2.44. The molecule has 0 saturated heterocycles. The number of rotatable bonds is 2. The van der Waals surface area contributed by atoms with E-state index in [1.165, 1.54) is 11.1 Å². The Kier molecular flexibility index (Phi) is 4.46. The van der Waals surface area contributed by atoms with Crippen LogP contribution in [0.4, 0.5) is 5.69 Å². The molecular formula is C19H21NO2S. The Morgan fingerprint density at radius 1 is 1.13 bits per heavy atom. The van der Waals surface area contributed by atoms with Gasteiger partial charge < -0.3 is 10.4 Å². The molecular weight excluding hydrogens is 306 g/mol. The topological polar surface area (TPSA) is 49.3 Å². The summed E-state index contributed by atoms with van der Waals surface area (Å²) in [6.07, 6.45) is -0.0944. The highest BCUT2D eigenvalue weighted by molar-refractivity contribution is 7.99. The van der Waals surface area contributed by atoms with Crippen LogP contribution in [0, 0.1) is 13.8 Å². The number of amides is 1. The van der Waals surface area contributed by atoms with Crippen molar-refractivity contribution in [3.05, 3.63) is 58.7 Å². The van der Waals surface area contributed by atoms with Crippen LogP contribution in [0.5, 0.6) is 0 Å². The summed E-state index contributed by atoms with van der Waals surface area (Å²) in [6, 6.07) is 12.2. The third-order valence-corrected chi connectivity index (χ3v) is 5.76. The molecule has 0 aromatic heterocycles. The number of benzene rings is 2. The lowest BCUT2D eigenvalue weighted by molar-refractivity contribution is -0.124. The van der Waals surface area contributed by atoms with Crippen LogP contribution in [0.1, 0.15) is 34.4 Å². The smallest absolute Gasteiger partial charge is 0.254 e. The molecule has 2 aromatic rings. The van der Waals surface area contributed by atoms with Gasteiger partial charge in [0.2, 0.25) is 0 Å². The SMILES string of the molecule is CCc1ccc([C@H]2Sc3cc(C)c(C)cc3NC(=O)[C@H]2O)cc1. The summed E-state index contributed by atoms with van der Waals surface area (Å²) in [5, 5.41) is 13.0. The summed E-state index contributed by atoms with van der Waals surface area (Å²) < 4.78 is 0. The molecule has 1 amide bonds. The van der Waals surface area contributed by atoms with Gasteiger partial charge in [0, 0.05) is 4.90 Å². The van der Waals surface area contributed by atoms with E-state index >= 15 is 0 Å². The van der Waals surface area contributed by atoms with Crippen LogP contribution in [-0.2, 0) is 11.2 Å². The maximum Gasteiger partial charge on any atom is 0.254 e. The predicted octanol–water partition coefficient (Wildman–Crippen LogP) is 4.01. The number of aliphatic hydroxyl groups excluding tert-OH is 1. The van der Waals surface area contributed by atoms with Crippen molar-refractivity contribution >= 4 is 23.4 Å². The first-order valence-corrected chi connectivity index (χ1v) is 8.73. The number of nitrogens with one attached hydrogen (secondary N) is 1. The lowest BCUT2D eigenvalue weighted by Gasteiger charge is -2.19. The van der Waals surface area contributed by atoms with Crippen molar-refractivity contribution in [1.82, 2.24) is 0 Å². The molecule has 0 saturated carbocycles. The molecule has 0 fully saturated rings. The van der Waals surface area contributed by atoms with Crippen LogP contribution < -0.4 is 5.32 Å². The molecule has 0 unspecified atom stereocenters. The van der Waals surface area contributed by atoms with Gasteiger partial charge in [0.15, 0.2) is 0 Å². The minimum Gasteiger partial charge on any atom is -0.382 e. The predicted molar refractivity (Wildman–Crippen MR) is 95.0 cm³/mol. The second kappa shape index (κ2) is 6.38. The molecule has 120 valence electrons. The Hall–Kier alpha value is -1.78. The number of anilines is 1. The minimum atomic E-state index is -1.07. The Morgan fingerprint density at radius 2 is 1.78 bits per heavy atom. The van der Waals surface area contributed by atoms with Crippen LogP contribution >= 0.6 is 11.8 Å². The molecule has 1 aliphatic rings. The van der Waals surface area contributed by atoms with Crippen LogP contribution in [0.3, 0.4) is 0 Å². The third-order valence-electron chi connectivity index (χ3n) is 4.38. The lowest BCUT2D eigenvalue weighted by Crippen LogP contribution is -2.30. The fourth-order valence-electron chi connectivity index (χ4n) is 2.72. The van der Waals surface area contributed by atoms with Gasteiger partial charge in [0.1, 0.15) is 6.10 Å². The Labute approximate surface area is 141 Å². The van der Waals surface area contributed by atoms with Crippen molar-refractivity contribution in [1.29, 1.82) is 0 Å². The molecule has 1 aliphatic heterocycles. The van der Waals surface area contributed by atoms with Crippen LogP contribution in [-0.4, -0.2) is 17.1 Å². The molecule has 23 heavy (non-hydrogen) atoms. The van der Waals surface area contributed by atoms with Crippen molar-refractivity contribution in [2.24, 2.45) is 0 Å². The lowest BCUT2D eigenvalue weighted by atomic mass is 10.0. The van der Waals surface area contributed by atoms with Crippen molar-refractivity contribution in [2.45, 2.75) is 43.4 Å². The number of carbonyl (C=O) groups excluding carboxylic acids is 1. The van der Waals surface area contributed by atoms with Gasteiger partial charge in [-0.1, -0.05) is 31.2 Å². The maximum atomic E-state index is 12.3. The van der Waals surface area contributed by atoms with Crippen LogP contribution in [0.2, 0.25) is 0 Å². The van der Waals surface area contributed by atoms with Gasteiger partial charge in [-0.2, -0.15) is 0 Å². The molecule has 0 radical (unpaired) electrons. The zero-order valence-electron chi connectivity index (χ0n) is 13.6. The molecule has 2 N–H and O–H groups in total. The summed E-state index contributed by atoms with van der Waals surface area (Å²) in [5.41, 5.74) is 5.32. The molecule has 3 rings (SSSR count). The van der Waals surface area contributed by atoms with Gasteiger partial charge in [-0.3, -0.25) is 4.79 Å². The van der Waals surface area contributed by atoms with E-state index in [-0.39, 0.29) is 11.2 Å². The van der Waals surface area contributed by atoms with Crippen molar-refractivity contribution in [2.75, 3.05) is 5.32 Å². The maximum absolute atomic E-state index is 12.3. The fourth-order valence-corrected chi connectivity index (χ4v) is 4.02. The second-order valence-electron chi connectivity index (χ2n) is 6.00. The zero-order valence-corrected chi connectivity index (χ0v) is 14.4. The zero-order chi connectivity index (χ0) is 16.6. The average Bonchev–Trinajstić information content (AvgIpc) is 2.66. The Morgan fingerprint density at radius 3 is 2.43 bits per heavy atom. The number of thioether (sulfide) groups is 1. The van der Waals surface area contributed by atoms with Crippen LogP contribution in [0.15, 0.2) is 41.3 Å². The van der Waals surface area contributed by atoms with E-state index in [0.717, 1.165) is 28.1 Å². The van der Waals surface area contributed by atoms with Gasteiger partial charge in [0.05, 0.1) is 10.9 Å². The Bertz CT molecular complexity index is 740. The van der Waals surface area contributed by atoms with Gasteiger partial charge in [-0.15, -0.1) is 11.8 Å². The first-order valence-electron chi connectivity index (χ1n) is 7.85. The van der Waals surface area contributed by atoms with Gasteiger partial charge >= 0.3 is 0 Å². The van der Waals surface area contributed by atoms with E-state index in [0.29, 0.717) is 0 Å². The molecule has 3 nitrogen and oxygen atoms in total. The molecule has 0 aliphatic carbocycles. The normalized spacial score (nSPS) is 20.6.